The Morgan fingerprint density at radius 3 is 2.56 bits per heavy atom. The molecule has 3 aromatic rings. The lowest BCUT2D eigenvalue weighted by Gasteiger charge is -2.13. The fourth-order valence-corrected chi connectivity index (χ4v) is 3.18. The van der Waals surface area contributed by atoms with Crippen molar-refractivity contribution in [2.24, 2.45) is 0 Å². The maximum atomic E-state index is 14.0. The van der Waals surface area contributed by atoms with Crippen LogP contribution < -0.4 is 15.0 Å². The Morgan fingerprint density at radius 2 is 1.93 bits per heavy atom. The number of rotatable bonds is 5. The van der Waals surface area contributed by atoms with Gasteiger partial charge in [-0.3, -0.25) is 10.1 Å². The molecule has 0 radical (unpaired) electrons. The Balaban J connectivity index is 1.76. The lowest BCUT2D eigenvalue weighted by molar-refractivity contribution is 0.102. The molecule has 0 aliphatic heterocycles. The number of benzene rings is 2. The molecule has 8 heteroatoms. The molecule has 140 valence electrons. The normalized spacial score (nSPS) is 10.6. The number of halogens is 2. The average molecular weight is 389 g/mol. The minimum absolute atomic E-state index is 0.144. The van der Waals surface area contributed by atoms with Gasteiger partial charge in [0.25, 0.3) is 5.91 Å². The van der Waals surface area contributed by atoms with Gasteiger partial charge < -0.3 is 9.64 Å². The first-order chi connectivity index (χ1) is 12.9. The van der Waals surface area contributed by atoms with Crippen molar-refractivity contribution in [1.82, 2.24) is 4.98 Å². The number of hydrogen-bond donors (Lipinski definition) is 1. The number of amides is 1. The van der Waals surface area contributed by atoms with Crippen molar-refractivity contribution in [3.05, 3.63) is 59.0 Å². The van der Waals surface area contributed by atoms with Gasteiger partial charge in [0.2, 0.25) is 0 Å². The summed E-state index contributed by atoms with van der Waals surface area (Å²) in [5, 5.41) is 4.67. The second-order valence-electron chi connectivity index (χ2n) is 5.90. The molecule has 0 aliphatic carbocycles. The van der Waals surface area contributed by atoms with E-state index >= 15 is 0 Å². The number of hydrogen-bond acceptors (Lipinski definition) is 5. The molecule has 5 nitrogen and oxygen atoms in total. The topological polar surface area (TPSA) is 54.5 Å². The van der Waals surface area contributed by atoms with E-state index in [1.807, 2.05) is 0 Å². The minimum Gasteiger partial charge on any atom is -0.494 e. The van der Waals surface area contributed by atoms with Gasteiger partial charge in [-0.15, -0.1) is 11.3 Å². The smallest absolute Gasteiger partial charge is 0.257 e. The van der Waals surface area contributed by atoms with Crippen LogP contribution in [0.25, 0.3) is 11.3 Å². The third-order valence-corrected chi connectivity index (χ3v) is 4.62. The van der Waals surface area contributed by atoms with Gasteiger partial charge in [-0.1, -0.05) is 0 Å². The summed E-state index contributed by atoms with van der Waals surface area (Å²) in [6.45, 7) is 0. The summed E-state index contributed by atoms with van der Waals surface area (Å²) in [6.07, 6.45) is 0. The first-order valence-electron chi connectivity index (χ1n) is 7.96. The van der Waals surface area contributed by atoms with Crippen LogP contribution in [0.2, 0.25) is 0 Å². The molecule has 0 spiro atoms. The highest BCUT2D eigenvalue weighted by Crippen LogP contribution is 2.28. The molecule has 27 heavy (non-hydrogen) atoms. The third kappa shape index (κ3) is 4.06. The van der Waals surface area contributed by atoms with Crippen LogP contribution in [0.15, 0.2) is 41.8 Å². The second kappa shape index (κ2) is 7.71. The molecule has 3 rings (SSSR count). The summed E-state index contributed by atoms with van der Waals surface area (Å²) in [6, 6.07) is 8.76. The van der Waals surface area contributed by atoms with Gasteiger partial charge in [-0.05, 0) is 36.4 Å². The molecule has 1 aromatic heterocycles. The molecule has 0 bridgehead atoms. The number of nitrogens with one attached hydrogen (secondary N) is 1. The van der Waals surface area contributed by atoms with Crippen LogP contribution in [0.4, 0.5) is 19.6 Å². The zero-order valence-electron chi connectivity index (χ0n) is 14.9. The molecular weight excluding hydrogens is 372 g/mol. The maximum absolute atomic E-state index is 14.0. The van der Waals surface area contributed by atoms with Gasteiger partial charge in [0.1, 0.15) is 5.82 Å². The minimum atomic E-state index is -0.495. The fraction of sp³-hybridized carbons (Fsp3) is 0.158. The highest BCUT2D eigenvalue weighted by Gasteiger charge is 2.14. The molecule has 0 aliphatic rings. The van der Waals surface area contributed by atoms with E-state index < -0.39 is 17.5 Å². The number of aromatic nitrogens is 1. The van der Waals surface area contributed by atoms with Gasteiger partial charge >= 0.3 is 0 Å². The lowest BCUT2D eigenvalue weighted by atomic mass is 10.1. The first-order valence-corrected chi connectivity index (χ1v) is 8.84. The Kier molecular flexibility index (Phi) is 5.36. The molecule has 1 heterocycles. The first kappa shape index (κ1) is 18.8. The van der Waals surface area contributed by atoms with Crippen LogP contribution in [0, 0.1) is 11.6 Å². The Labute approximate surface area is 159 Å². The van der Waals surface area contributed by atoms with Crippen molar-refractivity contribution < 1.29 is 18.3 Å². The molecule has 0 unspecified atom stereocenters. The Bertz CT molecular complexity index is 989. The van der Waals surface area contributed by atoms with Crippen molar-refractivity contribution in [3.8, 4) is 17.0 Å². The predicted molar refractivity (Wildman–Crippen MR) is 103 cm³/mol. The van der Waals surface area contributed by atoms with Gasteiger partial charge in [0, 0.05) is 30.6 Å². The summed E-state index contributed by atoms with van der Waals surface area (Å²) in [5.74, 6) is -1.31. The van der Waals surface area contributed by atoms with E-state index in [-0.39, 0.29) is 11.3 Å². The monoisotopic (exact) mass is 389 g/mol. The quantitative estimate of drug-likeness (QED) is 0.702. The molecule has 0 saturated heterocycles. The van der Waals surface area contributed by atoms with Crippen LogP contribution in [0.3, 0.4) is 0 Å². The zero-order valence-corrected chi connectivity index (χ0v) is 15.7. The summed E-state index contributed by atoms with van der Waals surface area (Å²) < 4.78 is 32.8. The third-order valence-electron chi connectivity index (χ3n) is 3.86. The van der Waals surface area contributed by atoms with E-state index in [0.29, 0.717) is 22.1 Å². The number of methoxy groups -OCH3 is 1. The summed E-state index contributed by atoms with van der Waals surface area (Å²) in [4.78, 5) is 18.2. The van der Waals surface area contributed by atoms with Gasteiger partial charge in [-0.2, -0.15) is 0 Å². The Morgan fingerprint density at radius 1 is 1.15 bits per heavy atom. The fourth-order valence-electron chi connectivity index (χ4n) is 2.47. The molecule has 0 fully saturated rings. The van der Waals surface area contributed by atoms with E-state index in [9.17, 15) is 13.6 Å². The molecular formula is C19H17F2N3O2S. The van der Waals surface area contributed by atoms with E-state index in [2.05, 4.69) is 10.3 Å². The van der Waals surface area contributed by atoms with E-state index in [0.717, 1.165) is 0 Å². The van der Waals surface area contributed by atoms with Crippen LogP contribution in [-0.2, 0) is 0 Å². The number of carbonyl (C=O) groups excluding carboxylic acids is 1. The number of thiazole rings is 1. The lowest BCUT2D eigenvalue weighted by Crippen LogP contribution is -2.14. The number of nitrogens with zero attached hydrogens (tertiary/aromatic N) is 2. The van der Waals surface area contributed by atoms with Crippen molar-refractivity contribution in [1.29, 1.82) is 0 Å². The van der Waals surface area contributed by atoms with E-state index in [1.165, 1.54) is 42.7 Å². The highest BCUT2D eigenvalue weighted by molar-refractivity contribution is 7.14. The van der Waals surface area contributed by atoms with Crippen molar-refractivity contribution in [3.63, 3.8) is 0 Å². The maximum Gasteiger partial charge on any atom is 0.257 e. The summed E-state index contributed by atoms with van der Waals surface area (Å²) in [5.41, 5.74) is 1.66. The highest BCUT2D eigenvalue weighted by atomic mass is 32.1. The summed E-state index contributed by atoms with van der Waals surface area (Å²) in [7, 11) is 4.83. The van der Waals surface area contributed by atoms with Gasteiger partial charge in [0.05, 0.1) is 18.5 Å². The van der Waals surface area contributed by atoms with Crippen LogP contribution in [0.1, 0.15) is 10.4 Å². The SMILES string of the molecule is COc1ccc(-c2csc(NC(=O)c3ccc(N(C)C)c(F)c3)n2)cc1F. The Hall–Kier alpha value is -3.00. The summed E-state index contributed by atoms with van der Waals surface area (Å²) >= 11 is 1.20. The second-order valence-corrected chi connectivity index (χ2v) is 6.76. The number of carbonyl (C=O) groups is 1. The predicted octanol–water partition coefficient (Wildman–Crippen LogP) is 4.42. The van der Waals surface area contributed by atoms with Crippen molar-refractivity contribution in [2.45, 2.75) is 0 Å². The molecule has 0 atom stereocenters. The average Bonchev–Trinajstić information content (AvgIpc) is 3.09. The molecule has 0 saturated carbocycles. The number of anilines is 2. The van der Waals surface area contributed by atoms with Crippen molar-refractivity contribution in [2.75, 3.05) is 31.4 Å². The van der Waals surface area contributed by atoms with Gasteiger partial charge in [0.15, 0.2) is 16.7 Å². The molecule has 1 amide bonds. The largest absolute Gasteiger partial charge is 0.494 e. The number of ether oxygens (including phenoxy) is 1. The van der Waals surface area contributed by atoms with Crippen molar-refractivity contribution >= 4 is 28.1 Å². The van der Waals surface area contributed by atoms with Crippen LogP contribution in [0.5, 0.6) is 5.75 Å². The van der Waals surface area contributed by atoms with Crippen LogP contribution in [-0.4, -0.2) is 32.1 Å². The molecule has 1 N–H and O–H groups in total. The standard InChI is InChI=1S/C19H17F2N3O2S/c1-24(2)16-6-4-12(9-13(16)20)18(25)23-19-22-15(10-27-19)11-5-7-17(26-3)14(21)8-11/h4-10H,1-3H3,(H,22,23,25). The van der Waals surface area contributed by atoms with Crippen LogP contribution >= 0.6 is 11.3 Å². The van der Waals surface area contributed by atoms with E-state index in [1.54, 1.807) is 36.5 Å². The zero-order chi connectivity index (χ0) is 19.6. The van der Waals surface area contributed by atoms with Gasteiger partial charge in [-0.25, -0.2) is 13.8 Å². The van der Waals surface area contributed by atoms with E-state index in [4.69, 9.17) is 4.74 Å². The molecule has 2 aromatic carbocycles.